The lowest BCUT2D eigenvalue weighted by Gasteiger charge is -2.23. The van der Waals surface area contributed by atoms with Crippen LogP contribution in [0.3, 0.4) is 0 Å². The highest BCUT2D eigenvalue weighted by atomic mass is 16.5. The molecule has 0 radical (unpaired) electrons. The second kappa shape index (κ2) is 6.39. The van der Waals surface area contributed by atoms with E-state index in [9.17, 15) is 4.79 Å². The topological polar surface area (TPSA) is 26.3 Å². The largest absolute Gasteiger partial charge is 0.458 e. The summed E-state index contributed by atoms with van der Waals surface area (Å²) in [5.41, 5.74) is 1.89. The normalized spacial score (nSPS) is 16.2. The lowest BCUT2D eigenvalue weighted by Crippen LogP contribution is -2.13. The van der Waals surface area contributed by atoms with Crippen molar-refractivity contribution >= 4 is 5.97 Å². The minimum Gasteiger partial charge on any atom is -0.458 e. The number of carbonyl (C=O) groups is 1. The SMILES string of the molecule is C=CCOC(=O)c1ccccc1C1CCCCC1. The van der Waals surface area contributed by atoms with Crippen LogP contribution in [0.2, 0.25) is 0 Å². The molecule has 0 aliphatic heterocycles. The van der Waals surface area contributed by atoms with Crippen molar-refractivity contribution in [1.82, 2.24) is 0 Å². The number of hydrogen-bond acceptors (Lipinski definition) is 2. The zero-order valence-corrected chi connectivity index (χ0v) is 10.7. The molecule has 2 heteroatoms. The van der Waals surface area contributed by atoms with Crippen molar-refractivity contribution in [2.75, 3.05) is 6.61 Å². The molecule has 0 spiro atoms. The summed E-state index contributed by atoms with van der Waals surface area (Å²) in [6, 6.07) is 7.85. The third-order valence-corrected chi connectivity index (χ3v) is 3.56. The van der Waals surface area contributed by atoms with Crippen molar-refractivity contribution in [2.45, 2.75) is 38.0 Å². The van der Waals surface area contributed by atoms with Crippen molar-refractivity contribution in [3.05, 3.63) is 48.0 Å². The molecule has 18 heavy (non-hydrogen) atoms. The molecule has 1 aliphatic carbocycles. The fourth-order valence-electron chi connectivity index (χ4n) is 2.66. The van der Waals surface area contributed by atoms with E-state index in [4.69, 9.17) is 4.74 Å². The molecule has 1 saturated carbocycles. The summed E-state index contributed by atoms with van der Waals surface area (Å²) in [6.45, 7) is 3.84. The second-order valence-corrected chi connectivity index (χ2v) is 4.81. The van der Waals surface area contributed by atoms with Gasteiger partial charge in [0, 0.05) is 0 Å². The summed E-state index contributed by atoms with van der Waals surface area (Å²) in [7, 11) is 0. The summed E-state index contributed by atoms with van der Waals surface area (Å²) >= 11 is 0. The number of esters is 1. The maximum atomic E-state index is 12.0. The van der Waals surface area contributed by atoms with Gasteiger partial charge in [0.05, 0.1) is 5.56 Å². The van der Waals surface area contributed by atoms with Gasteiger partial charge in [0.2, 0.25) is 0 Å². The van der Waals surface area contributed by atoms with Gasteiger partial charge in [-0.1, -0.05) is 50.1 Å². The highest BCUT2D eigenvalue weighted by Crippen LogP contribution is 2.34. The Kier molecular flexibility index (Phi) is 4.57. The third kappa shape index (κ3) is 3.00. The number of ether oxygens (including phenoxy) is 1. The van der Waals surface area contributed by atoms with Crippen molar-refractivity contribution < 1.29 is 9.53 Å². The molecule has 0 heterocycles. The molecular weight excluding hydrogens is 224 g/mol. The van der Waals surface area contributed by atoms with Crippen molar-refractivity contribution in [2.24, 2.45) is 0 Å². The van der Waals surface area contributed by atoms with Gasteiger partial charge in [0.1, 0.15) is 6.61 Å². The molecular formula is C16H20O2. The minimum atomic E-state index is -0.226. The molecule has 2 rings (SSSR count). The Morgan fingerprint density at radius 1 is 1.28 bits per heavy atom. The predicted octanol–water partition coefficient (Wildman–Crippen LogP) is 4.08. The van der Waals surface area contributed by atoms with Gasteiger partial charge in [-0.3, -0.25) is 0 Å². The maximum absolute atomic E-state index is 12.0. The van der Waals surface area contributed by atoms with Crippen LogP contribution in [0.1, 0.15) is 53.9 Å². The lowest BCUT2D eigenvalue weighted by molar-refractivity contribution is 0.0547. The van der Waals surface area contributed by atoms with Gasteiger partial charge >= 0.3 is 5.97 Å². The third-order valence-electron chi connectivity index (χ3n) is 3.56. The van der Waals surface area contributed by atoms with Crippen LogP contribution in [0.4, 0.5) is 0 Å². The predicted molar refractivity (Wildman–Crippen MR) is 72.7 cm³/mol. The molecule has 1 aromatic rings. The van der Waals surface area contributed by atoms with Crippen molar-refractivity contribution in [3.63, 3.8) is 0 Å². The van der Waals surface area contributed by atoms with Crippen LogP contribution in [-0.4, -0.2) is 12.6 Å². The maximum Gasteiger partial charge on any atom is 0.338 e. The molecule has 0 atom stereocenters. The Bertz CT molecular complexity index is 417. The summed E-state index contributed by atoms with van der Waals surface area (Å²) in [5, 5.41) is 0. The molecule has 96 valence electrons. The van der Waals surface area contributed by atoms with Gasteiger partial charge in [-0.25, -0.2) is 4.79 Å². The Balaban J connectivity index is 2.18. The van der Waals surface area contributed by atoms with Crippen LogP contribution >= 0.6 is 0 Å². The van der Waals surface area contributed by atoms with Crippen LogP contribution in [0.25, 0.3) is 0 Å². The fourth-order valence-corrected chi connectivity index (χ4v) is 2.66. The molecule has 1 aliphatic rings. The molecule has 1 fully saturated rings. The van der Waals surface area contributed by atoms with Crippen LogP contribution in [0.15, 0.2) is 36.9 Å². The Morgan fingerprint density at radius 2 is 2.00 bits per heavy atom. The average Bonchev–Trinajstić information content (AvgIpc) is 2.45. The molecule has 1 aromatic carbocycles. The van der Waals surface area contributed by atoms with E-state index in [-0.39, 0.29) is 12.6 Å². The van der Waals surface area contributed by atoms with Gasteiger partial charge in [-0.2, -0.15) is 0 Å². The number of rotatable bonds is 4. The smallest absolute Gasteiger partial charge is 0.338 e. The highest BCUT2D eigenvalue weighted by molar-refractivity contribution is 5.91. The summed E-state index contributed by atoms with van der Waals surface area (Å²) in [6.07, 6.45) is 7.82. The first kappa shape index (κ1) is 12.9. The highest BCUT2D eigenvalue weighted by Gasteiger charge is 2.21. The van der Waals surface area contributed by atoms with Gasteiger partial charge < -0.3 is 4.74 Å². The van der Waals surface area contributed by atoms with E-state index in [1.807, 2.05) is 18.2 Å². The Hall–Kier alpha value is -1.57. The van der Waals surface area contributed by atoms with E-state index >= 15 is 0 Å². The van der Waals surface area contributed by atoms with Gasteiger partial charge in [0.15, 0.2) is 0 Å². The van der Waals surface area contributed by atoms with E-state index in [0.717, 1.165) is 11.1 Å². The van der Waals surface area contributed by atoms with E-state index in [1.165, 1.54) is 32.1 Å². The number of hydrogen-bond donors (Lipinski definition) is 0. The molecule has 0 unspecified atom stereocenters. The first-order valence-corrected chi connectivity index (χ1v) is 6.70. The Labute approximate surface area is 109 Å². The average molecular weight is 244 g/mol. The molecule has 0 bridgehead atoms. The molecule has 0 aromatic heterocycles. The van der Waals surface area contributed by atoms with E-state index in [1.54, 1.807) is 6.08 Å². The zero-order valence-electron chi connectivity index (χ0n) is 10.7. The molecule has 0 amide bonds. The first-order valence-electron chi connectivity index (χ1n) is 6.70. The number of carbonyl (C=O) groups excluding carboxylic acids is 1. The monoisotopic (exact) mass is 244 g/mol. The Morgan fingerprint density at radius 3 is 2.72 bits per heavy atom. The van der Waals surface area contributed by atoms with Crippen molar-refractivity contribution in [1.29, 1.82) is 0 Å². The van der Waals surface area contributed by atoms with Crippen LogP contribution < -0.4 is 0 Å². The minimum absolute atomic E-state index is 0.226. The van der Waals surface area contributed by atoms with E-state index in [0.29, 0.717) is 5.92 Å². The first-order chi connectivity index (χ1) is 8.83. The summed E-state index contributed by atoms with van der Waals surface area (Å²) < 4.78 is 5.15. The van der Waals surface area contributed by atoms with Crippen LogP contribution in [-0.2, 0) is 4.74 Å². The van der Waals surface area contributed by atoms with Gasteiger partial charge in [-0.15, -0.1) is 0 Å². The number of benzene rings is 1. The quantitative estimate of drug-likeness (QED) is 0.589. The zero-order chi connectivity index (χ0) is 12.8. The summed E-state index contributed by atoms with van der Waals surface area (Å²) in [5.74, 6) is 0.294. The van der Waals surface area contributed by atoms with Crippen molar-refractivity contribution in [3.8, 4) is 0 Å². The van der Waals surface area contributed by atoms with E-state index < -0.39 is 0 Å². The standard InChI is InChI=1S/C16H20O2/c1-2-12-18-16(17)15-11-7-6-10-14(15)13-8-4-3-5-9-13/h2,6-7,10-11,13H,1,3-5,8-9,12H2. The molecule has 0 saturated heterocycles. The van der Waals surface area contributed by atoms with Gasteiger partial charge in [0.25, 0.3) is 0 Å². The van der Waals surface area contributed by atoms with Crippen LogP contribution in [0.5, 0.6) is 0 Å². The van der Waals surface area contributed by atoms with Gasteiger partial charge in [-0.05, 0) is 30.4 Å². The fraction of sp³-hybridized carbons (Fsp3) is 0.438. The molecule has 0 N–H and O–H groups in total. The second-order valence-electron chi connectivity index (χ2n) is 4.81. The van der Waals surface area contributed by atoms with Crippen LogP contribution in [0, 0.1) is 0 Å². The van der Waals surface area contributed by atoms with E-state index in [2.05, 4.69) is 12.6 Å². The lowest BCUT2D eigenvalue weighted by atomic mass is 9.82. The summed E-state index contributed by atoms with van der Waals surface area (Å²) in [4.78, 5) is 12.0. The molecule has 2 nitrogen and oxygen atoms in total.